The van der Waals surface area contributed by atoms with E-state index in [1.807, 2.05) is 49.2 Å². The predicted octanol–water partition coefficient (Wildman–Crippen LogP) is 3.89. The Morgan fingerprint density at radius 1 is 1.06 bits per heavy atom. The van der Waals surface area contributed by atoms with Crippen LogP contribution >= 0.6 is 0 Å². The highest BCUT2D eigenvalue weighted by Crippen LogP contribution is 2.29. The maximum absolute atomic E-state index is 13.2. The van der Waals surface area contributed by atoms with E-state index in [1.54, 1.807) is 19.1 Å². The first-order valence-electron chi connectivity index (χ1n) is 10.7. The van der Waals surface area contributed by atoms with Gasteiger partial charge in [-0.1, -0.05) is 29.8 Å². The molecule has 0 spiro atoms. The van der Waals surface area contributed by atoms with Crippen LogP contribution in [0, 0.1) is 24.0 Å². The highest BCUT2D eigenvalue weighted by molar-refractivity contribution is 7.92. The summed E-state index contributed by atoms with van der Waals surface area (Å²) in [6, 6.07) is 16.1. The minimum atomic E-state index is -4.17. The second kappa shape index (κ2) is 11.0. The van der Waals surface area contributed by atoms with Gasteiger partial charge in [-0.25, -0.2) is 8.42 Å². The van der Waals surface area contributed by atoms with Crippen molar-refractivity contribution >= 4 is 39.0 Å². The number of aliphatic hydroxyl groups is 1. The van der Waals surface area contributed by atoms with Crippen LogP contribution in [0.3, 0.4) is 0 Å². The van der Waals surface area contributed by atoms with Gasteiger partial charge in [-0.3, -0.25) is 20.3 Å². The summed E-state index contributed by atoms with van der Waals surface area (Å²) in [6.07, 6.45) is 1.51. The van der Waals surface area contributed by atoms with Crippen LogP contribution in [0.4, 0.5) is 22.7 Å². The summed E-state index contributed by atoms with van der Waals surface area (Å²) in [4.78, 5) is 12.2. The molecule has 184 valence electrons. The molecule has 0 aliphatic rings. The van der Waals surface area contributed by atoms with Crippen LogP contribution in [0.25, 0.3) is 0 Å². The molecule has 0 bridgehead atoms. The Hall–Kier alpha value is -3.96. The number of aryl methyl sites for hydroxylation is 2. The first-order valence-corrected chi connectivity index (χ1v) is 12.2. The van der Waals surface area contributed by atoms with E-state index < -0.39 is 14.9 Å². The molecule has 0 heterocycles. The average Bonchev–Trinajstić information content (AvgIpc) is 2.81. The third kappa shape index (κ3) is 6.55. The number of anilines is 3. The predicted molar refractivity (Wildman–Crippen MR) is 138 cm³/mol. The molecule has 0 fully saturated rings. The molecular weight excluding hydrogens is 470 g/mol. The van der Waals surface area contributed by atoms with Gasteiger partial charge >= 0.3 is 0 Å². The summed E-state index contributed by atoms with van der Waals surface area (Å²) in [5, 5.41) is 24.5. The van der Waals surface area contributed by atoms with Gasteiger partial charge in [-0.05, 0) is 49.2 Å². The maximum atomic E-state index is 13.2. The van der Waals surface area contributed by atoms with Gasteiger partial charge in [-0.15, -0.1) is 0 Å². The lowest BCUT2D eigenvalue weighted by atomic mass is 10.1. The number of aliphatic hydroxyl groups excluding tert-OH is 1. The van der Waals surface area contributed by atoms with Crippen molar-refractivity contribution < 1.29 is 18.4 Å². The zero-order chi connectivity index (χ0) is 25.6. The number of likely N-dealkylation sites (N-methyl/N-ethyl adjacent to an activating group) is 1. The van der Waals surface area contributed by atoms with Gasteiger partial charge in [0.05, 0.1) is 29.1 Å². The number of nitrogens with one attached hydrogen (secondary N) is 2. The van der Waals surface area contributed by atoms with Crippen LogP contribution in [0.1, 0.15) is 16.7 Å². The third-order valence-corrected chi connectivity index (χ3v) is 6.67. The molecule has 0 saturated carbocycles. The van der Waals surface area contributed by atoms with E-state index in [2.05, 4.69) is 15.2 Å². The van der Waals surface area contributed by atoms with Crippen LogP contribution in [-0.4, -0.2) is 44.9 Å². The molecule has 35 heavy (non-hydrogen) atoms. The van der Waals surface area contributed by atoms with Gasteiger partial charge in [0, 0.05) is 31.4 Å². The van der Waals surface area contributed by atoms with Crippen molar-refractivity contribution in [3.63, 3.8) is 0 Å². The molecule has 3 rings (SSSR count). The van der Waals surface area contributed by atoms with Crippen LogP contribution < -0.4 is 15.0 Å². The number of nitro groups is 1. The topological polar surface area (TPSA) is 137 Å². The molecule has 0 aliphatic carbocycles. The normalized spacial score (nSPS) is 11.4. The van der Waals surface area contributed by atoms with Crippen molar-refractivity contribution in [3.8, 4) is 0 Å². The van der Waals surface area contributed by atoms with E-state index in [0.717, 1.165) is 28.4 Å². The van der Waals surface area contributed by atoms with E-state index in [4.69, 9.17) is 5.11 Å². The van der Waals surface area contributed by atoms with Gasteiger partial charge in [0.2, 0.25) is 0 Å². The smallest absolute Gasteiger partial charge is 0.270 e. The number of sulfonamides is 1. The highest BCUT2D eigenvalue weighted by atomic mass is 32.2. The van der Waals surface area contributed by atoms with Gasteiger partial charge < -0.3 is 10.0 Å². The minimum absolute atomic E-state index is 0.0441. The van der Waals surface area contributed by atoms with Gasteiger partial charge in [0.15, 0.2) is 0 Å². The quantitative estimate of drug-likeness (QED) is 0.219. The van der Waals surface area contributed by atoms with Gasteiger partial charge in [0.25, 0.3) is 15.7 Å². The Bertz CT molecular complexity index is 1340. The Kier molecular flexibility index (Phi) is 8.05. The van der Waals surface area contributed by atoms with Crippen molar-refractivity contribution in [1.29, 1.82) is 0 Å². The van der Waals surface area contributed by atoms with Crippen LogP contribution in [0.2, 0.25) is 0 Å². The third-order valence-electron chi connectivity index (χ3n) is 5.26. The number of non-ortho nitro benzene ring substituents is 1. The molecule has 0 radical (unpaired) electrons. The number of hydrogen-bond acceptors (Lipinski definition) is 8. The fraction of sp³-hybridized carbons (Fsp3) is 0.208. The molecule has 3 N–H and O–H groups in total. The molecule has 11 heteroatoms. The molecular formula is C24H27N5O5S. The zero-order valence-electron chi connectivity index (χ0n) is 19.6. The lowest BCUT2D eigenvalue weighted by Gasteiger charge is -2.17. The van der Waals surface area contributed by atoms with Gasteiger partial charge in [0.1, 0.15) is 4.90 Å². The van der Waals surface area contributed by atoms with E-state index >= 15 is 0 Å². The molecule has 0 atom stereocenters. The van der Waals surface area contributed by atoms with E-state index in [1.165, 1.54) is 18.3 Å². The first-order chi connectivity index (χ1) is 16.6. The lowest BCUT2D eigenvalue weighted by molar-refractivity contribution is -0.385. The summed E-state index contributed by atoms with van der Waals surface area (Å²) in [5.41, 5.74) is 6.16. The Labute approximate surface area is 204 Å². The van der Waals surface area contributed by atoms with Crippen LogP contribution in [0.15, 0.2) is 70.7 Å². The molecule has 0 amide bonds. The standard InChI is InChI=1S/C24H27N5O5S/c1-17-4-10-22(18(2)14-17)27-35(33,34)24-15-21(29(31)32)9-11-23(24)26-25-16-19-5-7-20(8-6-19)28(3)12-13-30/h4-11,14-16,26-27,30H,12-13H2,1-3H3/b25-16+. The van der Waals surface area contributed by atoms with Crippen LogP contribution in [0.5, 0.6) is 0 Å². The Morgan fingerprint density at radius 2 is 1.74 bits per heavy atom. The van der Waals surface area contributed by atoms with Crippen molar-refractivity contribution in [1.82, 2.24) is 0 Å². The Morgan fingerprint density at radius 3 is 2.37 bits per heavy atom. The number of benzene rings is 3. The number of hydrazone groups is 1. The summed E-state index contributed by atoms with van der Waals surface area (Å²) >= 11 is 0. The van der Waals surface area contributed by atoms with E-state index in [-0.39, 0.29) is 22.9 Å². The highest BCUT2D eigenvalue weighted by Gasteiger charge is 2.23. The zero-order valence-corrected chi connectivity index (χ0v) is 20.4. The van der Waals surface area contributed by atoms with Crippen molar-refractivity contribution in [2.45, 2.75) is 18.7 Å². The van der Waals surface area contributed by atoms with Gasteiger partial charge in [-0.2, -0.15) is 5.10 Å². The molecule has 3 aromatic rings. The summed E-state index contributed by atoms with van der Waals surface area (Å²) in [5.74, 6) is 0. The van der Waals surface area contributed by atoms with E-state index in [0.29, 0.717) is 12.2 Å². The molecule has 0 aliphatic heterocycles. The second-order valence-corrected chi connectivity index (χ2v) is 9.62. The number of nitro benzene ring substituents is 1. The fourth-order valence-corrected chi connectivity index (χ4v) is 4.65. The molecule has 0 aromatic heterocycles. The summed E-state index contributed by atoms with van der Waals surface area (Å²) in [6.45, 7) is 4.21. The maximum Gasteiger partial charge on any atom is 0.270 e. The number of nitrogens with zero attached hydrogens (tertiary/aromatic N) is 3. The second-order valence-electron chi connectivity index (χ2n) is 7.97. The Balaban J connectivity index is 1.86. The molecule has 0 saturated heterocycles. The van der Waals surface area contributed by atoms with Crippen molar-refractivity contribution in [2.75, 3.05) is 35.2 Å². The monoisotopic (exact) mass is 497 g/mol. The largest absolute Gasteiger partial charge is 0.395 e. The summed E-state index contributed by atoms with van der Waals surface area (Å²) < 4.78 is 28.9. The SMILES string of the molecule is Cc1ccc(NS(=O)(=O)c2cc([N+](=O)[O-])ccc2N/N=C/c2ccc(N(C)CCO)cc2)c(C)c1. The number of rotatable bonds is 10. The summed E-state index contributed by atoms with van der Waals surface area (Å²) in [7, 11) is -2.30. The van der Waals surface area contributed by atoms with Crippen molar-refractivity contribution in [2.24, 2.45) is 5.10 Å². The lowest BCUT2D eigenvalue weighted by Crippen LogP contribution is -2.20. The van der Waals surface area contributed by atoms with Crippen molar-refractivity contribution in [3.05, 3.63) is 87.5 Å². The average molecular weight is 498 g/mol. The minimum Gasteiger partial charge on any atom is -0.395 e. The molecule has 10 nitrogen and oxygen atoms in total. The molecule has 0 unspecified atom stereocenters. The first kappa shape index (κ1) is 25.7. The molecule has 3 aromatic carbocycles. The van der Waals surface area contributed by atoms with Crippen LogP contribution in [-0.2, 0) is 10.0 Å². The van der Waals surface area contributed by atoms with E-state index in [9.17, 15) is 18.5 Å². The number of hydrogen-bond donors (Lipinski definition) is 3. The fourth-order valence-electron chi connectivity index (χ4n) is 3.34.